The molecule has 0 spiro atoms. The van der Waals surface area contributed by atoms with Gasteiger partial charge >= 0.3 is 117 Å². The zero-order valence-electron chi connectivity index (χ0n) is 11.9. The zero-order chi connectivity index (χ0) is 13.3. The van der Waals surface area contributed by atoms with Crippen LogP contribution in [0.4, 0.5) is 0 Å². The van der Waals surface area contributed by atoms with Crippen molar-refractivity contribution < 1.29 is 4.74 Å². The van der Waals surface area contributed by atoms with E-state index in [0.717, 1.165) is 0 Å². The molecule has 0 amide bonds. The average molecular weight is 309 g/mol. The molecule has 18 heavy (non-hydrogen) atoms. The van der Waals surface area contributed by atoms with E-state index < -0.39 is 0 Å². The van der Waals surface area contributed by atoms with Crippen LogP contribution in [0.1, 0.15) is 50.7 Å². The SMILES string of the molecule is CC(C)OC1[Se]C(C(C)(C)C)=Cc2ccccc21. The maximum atomic E-state index is 6.13. The molecule has 1 unspecified atom stereocenters. The molecule has 1 atom stereocenters. The van der Waals surface area contributed by atoms with Crippen molar-refractivity contribution in [1.82, 2.24) is 0 Å². The van der Waals surface area contributed by atoms with Gasteiger partial charge in [-0.3, -0.25) is 0 Å². The zero-order valence-corrected chi connectivity index (χ0v) is 13.6. The fraction of sp³-hybridized carbons (Fsp3) is 0.500. The van der Waals surface area contributed by atoms with Crippen LogP contribution in [-0.2, 0) is 4.74 Å². The normalized spacial score (nSPS) is 19.7. The molecule has 0 bridgehead atoms. The first-order valence-electron chi connectivity index (χ1n) is 6.51. The Bertz CT molecular complexity index is 454. The minimum atomic E-state index is 0.242. The summed E-state index contributed by atoms with van der Waals surface area (Å²) < 4.78 is 7.67. The molecule has 0 saturated heterocycles. The Morgan fingerprint density at radius 1 is 1.17 bits per heavy atom. The van der Waals surface area contributed by atoms with Gasteiger partial charge in [0.05, 0.1) is 0 Å². The van der Waals surface area contributed by atoms with E-state index in [4.69, 9.17) is 4.74 Å². The molecule has 0 fully saturated rings. The van der Waals surface area contributed by atoms with Crippen molar-refractivity contribution >= 4 is 21.0 Å². The summed E-state index contributed by atoms with van der Waals surface area (Å²) >= 11 is 0.386. The van der Waals surface area contributed by atoms with Crippen LogP contribution in [0, 0.1) is 5.41 Å². The molecule has 1 aliphatic heterocycles. The molecule has 2 rings (SSSR count). The maximum absolute atomic E-state index is 6.13. The molecule has 0 aromatic heterocycles. The van der Waals surface area contributed by atoms with E-state index in [1.807, 2.05) is 0 Å². The van der Waals surface area contributed by atoms with Crippen LogP contribution in [0.25, 0.3) is 6.08 Å². The van der Waals surface area contributed by atoms with E-state index >= 15 is 0 Å². The molecule has 0 aliphatic carbocycles. The van der Waals surface area contributed by atoms with Crippen molar-refractivity contribution in [3.63, 3.8) is 0 Å². The molecule has 1 aromatic carbocycles. The van der Waals surface area contributed by atoms with E-state index in [0.29, 0.717) is 15.0 Å². The predicted molar refractivity (Wildman–Crippen MR) is 78.6 cm³/mol. The van der Waals surface area contributed by atoms with Crippen LogP contribution >= 0.6 is 0 Å². The molecule has 1 nitrogen and oxygen atoms in total. The van der Waals surface area contributed by atoms with Crippen molar-refractivity contribution in [3.05, 3.63) is 39.9 Å². The van der Waals surface area contributed by atoms with Gasteiger partial charge in [-0.15, -0.1) is 0 Å². The third kappa shape index (κ3) is 3.06. The third-order valence-electron chi connectivity index (χ3n) is 2.91. The minimum absolute atomic E-state index is 0.242. The Balaban J connectivity index is 2.40. The monoisotopic (exact) mass is 310 g/mol. The summed E-state index contributed by atoms with van der Waals surface area (Å²) in [5, 5.41) is 0.271. The first-order chi connectivity index (χ1) is 8.38. The second-order valence-electron chi connectivity index (χ2n) is 6.02. The molecule has 0 N–H and O–H groups in total. The number of hydrogen-bond acceptors (Lipinski definition) is 1. The Morgan fingerprint density at radius 3 is 2.44 bits per heavy atom. The fourth-order valence-electron chi connectivity index (χ4n) is 1.95. The van der Waals surface area contributed by atoms with Crippen LogP contribution in [-0.4, -0.2) is 21.1 Å². The Hall–Kier alpha value is -0.561. The van der Waals surface area contributed by atoms with Gasteiger partial charge < -0.3 is 0 Å². The van der Waals surface area contributed by atoms with Crippen molar-refractivity contribution in [2.45, 2.75) is 45.7 Å². The summed E-state index contributed by atoms with van der Waals surface area (Å²) in [7, 11) is 0. The van der Waals surface area contributed by atoms with Gasteiger partial charge in [-0.25, -0.2) is 0 Å². The Labute approximate surface area is 117 Å². The first-order valence-corrected chi connectivity index (χ1v) is 8.35. The number of hydrogen-bond donors (Lipinski definition) is 0. The summed E-state index contributed by atoms with van der Waals surface area (Å²) in [6.07, 6.45) is 2.65. The van der Waals surface area contributed by atoms with Crippen molar-refractivity contribution in [1.29, 1.82) is 0 Å². The molecule has 0 radical (unpaired) electrons. The van der Waals surface area contributed by atoms with Crippen LogP contribution in [0.5, 0.6) is 0 Å². The molecule has 98 valence electrons. The van der Waals surface area contributed by atoms with E-state index in [1.165, 1.54) is 11.1 Å². The summed E-state index contributed by atoms with van der Waals surface area (Å²) in [5.41, 5.74) is 2.94. The molecular weight excluding hydrogens is 287 g/mol. The molecule has 0 saturated carbocycles. The number of ether oxygens (including phenoxy) is 1. The van der Waals surface area contributed by atoms with Gasteiger partial charge in [0.1, 0.15) is 0 Å². The Kier molecular flexibility index (Phi) is 4.01. The van der Waals surface area contributed by atoms with Crippen molar-refractivity contribution in [3.8, 4) is 0 Å². The van der Waals surface area contributed by atoms with E-state index in [2.05, 4.69) is 65.0 Å². The fourth-order valence-corrected chi connectivity index (χ4v) is 4.89. The second-order valence-corrected chi connectivity index (χ2v) is 8.34. The van der Waals surface area contributed by atoms with E-state index in [9.17, 15) is 0 Å². The summed E-state index contributed by atoms with van der Waals surface area (Å²) in [5.74, 6) is 0. The number of rotatable bonds is 2. The van der Waals surface area contributed by atoms with E-state index in [1.54, 1.807) is 4.47 Å². The van der Waals surface area contributed by atoms with Gasteiger partial charge in [0.15, 0.2) is 0 Å². The average Bonchev–Trinajstić information content (AvgIpc) is 2.27. The van der Waals surface area contributed by atoms with Gasteiger partial charge in [-0.1, -0.05) is 0 Å². The third-order valence-corrected chi connectivity index (χ3v) is 6.19. The van der Waals surface area contributed by atoms with Crippen LogP contribution in [0.15, 0.2) is 28.7 Å². The summed E-state index contributed by atoms with van der Waals surface area (Å²) in [6.45, 7) is 11.1. The van der Waals surface area contributed by atoms with Gasteiger partial charge in [-0.2, -0.15) is 0 Å². The molecular formula is C16H22OSe. The van der Waals surface area contributed by atoms with Gasteiger partial charge in [0.2, 0.25) is 0 Å². The van der Waals surface area contributed by atoms with Gasteiger partial charge in [-0.05, 0) is 0 Å². The second kappa shape index (κ2) is 5.20. The summed E-state index contributed by atoms with van der Waals surface area (Å²) in [4.78, 5) is 0. The number of benzene rings is 1. The standard InChI is InChI=1S/C16H22OSe/c1-11(2)17-15-13-9-7-6-8-12(13)10-14(18-15)16(3,4)5/h6-11,15H,1-5H3. The Morgan fingerprint density at radius 2 is 1.83 bits per heavy atom. The van der Waals surface area contributed by atoms with Crippen LogP contribution < -0.4 is 0 Å². The molecule has 2 heteroatoms. The number of allylic oxidation sites excluding steroid dienone is 1. The van der Waals surface area contributed by atoms with Crippen LogP contribution in [0.2, 0.25) is 0 Å². The first kappa shape index (κ1) is 13.9. The molecule has 1 heterocycles. The van der Waals surface area contributed by atoms with Crippen molar-refractivity contribution in [2.75, 3.05) is 0 Å². The van der Waals surface area contributed by atoms with Crippen molar-refractivity contribution in [2.24, 2.45) is 5.41 Å². The number of fused-ring (bicyclic) bond motifs is 1. The predicted octanol–water partition coefficient (Wildman–Crippen LogP) is 4.22. The molecule has 1 aromatic rings. The molecule has 1 aliphatic rings. The van der Waals surface area contributed by atoms with Gasteiger partial charge in [0, 0.05) is 0 Å². The van der Waals surface area contributed by atoms with E-state index in [-0.39, 0.29) is 16.5 Å². The van der Waals surface area contributed by atoms with Gasteiger partial charge in [0.25, 0.3) is 0 Å². The topological polar surface area (TPSA) is 9.23 Å². The van der Waals surface area contributed by atoms with Crippen LogP contribution in [0.3, 0.4) is 0 Å². The summed E-state index contributed by atoms with van der Waals surface area (Å²) in [6, 6.07) is 8.63. The quantitative estimate of drug-likeness (QED) is 0.743.